The van der Waals surface area contributed by atoms with E-state index in [0.29, 0.717) is 17.4 Å². The molecule has 0 N–H and O–H groups in total. The normalized spacial score (nSPS) is 10.8. The predicted octanol–water partition coefficient (Wildman–Crippen LogP) is 5.77. The zero-order valence-corrected chi connectivity index (χ0v) is 19.7. The molecule has 0 aliphatic heterocycles. The molecule has 0 bridgehead atoms. The number of ether oxygens (including phenoxy) is 2. The van der Waals surface area contributed by atoms with E-state index in [0.717, 1.165) is 28.1 Å². The molecule has 0 fully saturated rings. The maximum atomic E-state index is 12.3. The van der Waals surface area contributed by atoms with Gasteiger partial charge in [0.1, 0.15) is 19.0 Å². The van der Waals surface area contributed by atoms with E-state index >= 15 is 0 Å². The standard InChI is InChI=1S/C26H26N2O4S/c1-5-14-31-23-10-7-21(8-11-23)9-13-25(30)32-16-22-17-33-26(27-22)28(20(4)29)24-12-6-18(2)15-19(24)3/h5-13,15,17H,1,14,16H2,2-4H3/b13-9+. The number of nitrogens with zero attached hydrogens (tertiary/aromatic N) is 2. The van der Waals surface area contributed by atoms with Crippen LogP contribution < -0.4 is 9.64 Å². The Morgan fingerprint density at radius 3 is 2.58 bits per heavy atom. The summed E-state index contributed by atoms with van der Waals surface area (Å²) in [5.41, 5.74) is 4.32. The van der Waals surface area contributed by atoms with Crippen LogP contribution in [0.2, 0.25) is 0 Å². The van der Waals surface area contributed by atoms with Gasteiger partial charge in [-0.1, -0.05) is 42.5 Å². The minimum Gasteiger partial charge on any atom is -0.490 e. The molecule has 7 heteroatoms. The molecule has 0 saturated heterocycles. The van der Waals surface area contributed by atoms with Gasteiger partial charge in [0, 0.05) is 18.4 Å². The van der Waals surface area contributed by atoms with E-state index in [2.05, 4.69) is 11.6 Å². The Hall–Kier alpha value is -3.71. The van der Waals surface area contributed by atoms with Crippen molar-refractivity contribution in [1.82, 2.24) is 4.98 Å². The van der Waals surface area contributed by atoms with Crippen LogP contribution in [-0.2, 0) is 20.9 Å². The highest BCUT2D eigenvalue weighted by Crippen LogP contribution is 2.31. The van der Waals surface area contributed by atoms with Crippen molar-refractivity contribution < 1.29 is 19.1 Å². The Balaban J connectivity index is 1.60. The highest BCUT2D eigenvalue weighted by atomic mass is 32.1. The summed E-state index contributed by atoms with van der Waals surface area (Å²) >= 11 is 1.33. The fourth-order valence-corrected chi connectivity index (χ4v) is 3.98. The lowest BCUT2D eigenvalue weighted by Gasteiger charge is -2.20. The third kappa shape index (κ3) is 6.63. The highest BCUT2D eigenvalue weighted by Gasteiger charge is 2.20. The number of hydrogen-bond donors (Lipinski definition) is 0. The second kappa shape index (κ2) is 11.2. The quantitative estimate of drug-likeness (QED) is 0.230. The Kier molecular flexibility index (Phi) is 8.16. The lowest BCUT2D eigenvalue weighted by atomic mass is 10.1. The van der Waals surface area contributed by atoms with Crippen molar-refractivity contribution in [3.63, 3.8) is 0 Å². The molecule has 1 amide bonds. The SMILES string of the molecule is C=CCOc1ccc(/C=C/C(=O)OCc2csc(N(C(C)=O)c3ccc(C)cc3C)n2)cc1. The minimum atomic E-state index is -0.477. The van der Waals surface area contributed by atoms with E-state index in [1.165, 1.54) is 24.3 Å². The van der Waals surface area contributed by atoms with Gasteiger partial charge in [-0.15, -0.1) is 11.3 Å². The molecule has 0 aliphatic rings. The predicted molar refractivity (Wildman–Crippen MR) is 132 cm³/mol. The van der Waals surface area contributed by atoms with Gasteiger partial charge in [-0.05, 0) is 49.2 Å². The van der Waals surface area contributed by atoms with Crippen LogP contribution >= 0.6 is 11.3 Å². The number of aromatic nitrogens is 1. The monoisotopic (exact) mass is 462 g/mol. The first kappa shape index (κ1) is 23.9. The number of aryl methyl sites for hydroxylation is 2. The summed E-state index contributed by atoms with van der Waals surface area (Å²) < 4.78 is 10.7. The molecule has 1 heterocycles. The van der Waals surface area contributed by atoms with Crippen LogP contribution in [0.4, 0.5) is 10.8 Å². The Labute approximate surface area is 197 Å². The summed E-state index contributed by atoms with van der Waals surface area (Å²) in [6, 6.07) is 13.2. The molecule has 0 atom stereocenters. The maximum absolute atomic E-state index is 12.3. The van der Waals surface area contributed by atoms with Crippen LogP contribution in [0.15, 0.2) is 66.6 Å². The van der Waals surface area contributed by atoms with Gasteiger partial charge in [0.25, 0.3) is 0 Å². The van der Waals surface area contributed by atoms with Crippen LogP contribution in [-0.4, -0.2) is 23.5 Å². The highest BCUT2D eigenvalue weighted by molar-refractivity contribution is 7.14. The van der Waals surface area contributed by atoms with Crippen molar-refractivity contribution >= 4 is 40.1 Å². The molecule has 2 aromatic carbocycles. The van der Waals surface area contributed by atoms with Crippen LogP contribution in [0.3, 0.4) is 0 Å². The number of hydrogen-bond acceptors (Lipinski definition) is 6. The summed E-state index contributed by atoms with van der Waals surface area (Å²) in [6.45, 7) is 9.54. The number of benzene rings is 2. The topological polar surface area (TPSA) is 68.7 Å². The summed E-state index contributed by atoms with van der Waals surface area (Å²) in [5, 5.41) is 2.32. The minimum absolute atomic E-state index is 0.0205. The van der Waals surface area contributed by atoms with Gasteiger partial charge in [-0.3, -0.25) is 9.69 Å². The smallest absolute Gasteiger partial charge is 0.331 e. The second-order valence-corrected chi connectivity index (χ2v) is 8.21. The molecular weight excluding hydrogens is 436 g/mol. The van der Waals surface area contributed by atoms with Crippen LogP contribution in [0, 0.1) is 13.8 Å². The van der Waals surface area contributed by atoms with E-state index < -0.39 is 5.97 Å². The number of amides is 1. The fraction of sp³-hybridized carbons (Fsp3) is 0.192. The molecule has 0 saturated carbocycles. The van der Waals surface area contributed by atoms with Crippen LogP contribution in [0.5, 0.6) is 5.75 Å². The summed E-state index contributed by atoms with van der Waals surface area (Å²) in [5.74, 6) is 0.118. The van der Waals surface area contributed by atoms with Gasteiger partial charge in [0.15, 0.2) is 5.13 Å². The van der Waals surface area contributed by atoms with Gasteiger partial charge in [0.05, 0.1) is 11.4 Å². The molecule has 0 aliphatic carbocycles. The van der Waals surface area contributed by atoms with Crippen molar-refractivity contribution in [2.45, 2.75) is 27.4 Å². The Morgan fingerprint density at radius 2 is 1.91 bits per heavy atom. The first-order valence-electron chi connectivity index (χ1n) is 10.4. The summed E-state index contributed by atoms with van der Waals surface area (Å²) in [4.78, 5) is 30.5. The third-order valence-corrected chi connectivity index (χ3v) is 5.54. The van der Waals surface area contributed by atoms with E-state index in [4.69, 9.17) is 9.47 Å². The van der Waals surface area contributed by atoms with Gasteiger partial charge < -0.3 is 9.47 Å². The third-order valence-electron chi connectivity index (χ3n) is 4.66. The van der Waals surface area contributed by atoms with Gasteiger partial charge >= 0.3 is 5.97 Å². The molecular formula is C26H26N2O4S. The zero-order chi connectivity index (χ0) is 23.8. The molecule has 3 rings (SSSR count). The molecule has 0 unspecified atom stereocenters. The van der Waals surface area contributed by atoms with Gasteiger partial charge in [-0.2, -0.15) is 0 Å². The van der Waals surface area contributed by atoms with Crippen LogP contribution in [0.1, 0.15) is 29.3 Å². The molecule has 33 heavy (non-hydrogen) atoms. The number of carbonyl (C=O) groups is 2. The maximum Gasteiger partial charge on any atom is 0.331 e. The molecule has 3 aromatic rings. The summed E-state index contributed by atoms with van der Waals surface area (Å²) in [6.07, 6.45) is 4.71. The molecule has 6 nitrogen and oxygen atoms in total. The average Bonchev–Trinajstić information content (AvgIpc) is 3.25. The number of anilines is 2. The van der Waals surface area contributed by atoms with E-state index in [1.54, 1.807) is 22.4 Å². The van der Waals surface area contributed by atoms with Crippen molar-refractivity contribution in [2.75, 3.05) is 11.5 Å². The molecule has 170 valence electrons. The summed E-state index contributed by atoms with van der Waals surface area (Å²) in [7, 11) is 0. The van der Waals surface area contributed by atoms with Crippen molar-refractivity contribution in [2.24, 2.45) is 0 Å². The largest absolute Gasteiger partial charge is 0.490 e. The van der Waals surface area contributed by atoms with Crippen molar-refractivity contribution in [3.8, 4) is 5.75 Å². The first-order chi connectivity index (χ1) is 15.9. The van der Waals surface area contributed by atoms with Gasteiger partial charge in [0.2, 0.25) is 5.91 Å². The number of esters is 1. The van der Waals surface area contributed by atoms with Crippen molar-refractivity contribution in [3.05, 3.63) is 89.0 Å². The number of rotatable bonds is 9. The lowest BCUT2D eigenvalue weighted by Crippen LogP contribution is -2.23. The van der Waals surface area contributed by atoms with Gasteiger partial charge in [-0.25, -0.2) is 9.78 Å². The fourth-order valence-electron chi connectivity index (χ4n) is 3.12. The van der Waals surface area contributed by atoms with E-state index in [9.17, 15) is 9.59 Å². The lowest BCUT2D eigenvalue weighted by molar-refractivity contribution is -0.139. The number of carbonyl (C=O) groups excluding carboxylic acids is 2. The van der Waals surface area contributed by atoms with Crippen LogP contribution in [0.25, 0.3) is 6.08 Å². The van der Waals surface area contributed by atoms with Crippen molar-refractivity contribution in [1.29, 1.82) is 0 Å². The zero-order valence-electron chi connectivity index (χ0n) is 18.9. The second-order valence-electron chi connectivity index (χ2n) is 7.38. The first-order valence-corrected chi connectivity index (χ1v) is 11.3. The average molecular weight is 463 g/mol. The van der Waals surface area contributed by atoms with E-state index in [1.807, 2.05) is 56.3 Å². The Morgan fingerprint density at radius 1 is 1.15 bits per heavy atom. The van der Waals surface area contributed by atoms with E-state index in [-0.39, 0.29) is 12.5 Å². The Bertz CT molecular complexity index is 1170. The number of thiazole rings is 1. The molecule has 1 aromatic heterocycles. The molecule has 0 spiro atoms. The molecule has 0 radical (unpaired) electrons.